The van der Waals surface area contributed by atoms with Gasteiger partial charge in [-0.25, -0.2) is 0 Å². The van der Waals surface area contributed by atoms with E-state index in [1.807, 2.05) is 20.8 Å². The van der Waals surface area contributed by atoms with Gasteiger partial charge in [0.15, 0.2) is 0 Å². The molecule has 0 rings (SSSR count). The van der Waals surface area contributed by atoms with Crippen molar-refractivity contribution in [3.63, 3.8) is 0 Å². The summed E-state index contributed by atoms with van der Waals surface area (Å²) in [5.41, 5.74) is 0. The normalized spacial score (nSPS) is 13.9. The second-order valence-electron chi connectivity index (χ2n) is 8.25. The molecule has 0 amide bonds. The van der Waals surface area contributed by atoms with Crippen molar-refractivity contribution in [1.29, 1.82) is 0 Å². The molecule has 134 valence electrons. The minimum atomic E-state index is -2.59. The molecule has 22 heavy (non-hydrogen) atoms. The molecule has 0 saturated carbocycles. The molecule has 0 N–H and O–H groups in total. The number of rotatable bonds is 12. The zero-order chi connectivity index (χ0) is 17.4. The highest BCUT2D eigenvalue weighted by atomic mass is 28.4. The van der Waals surface area contributed by atoms with Gasteiger partial charge in [-0.3, -0.25) is 0 Å². The lowest BCUT2D eigenvalue weighted by Crippen LogP contribution is -2.59. The van der Waals surface area contributed by atoms with E-state index in [0.29, 0.717) is 19.8 Å². The van der Waals surface area contributed by atoms with Gasteiger partial charge in [0.25, 0.3) is 0 Å². The fraction of sp³-hybridized carbons (Fsp3) is 1.00. The predicted octanol–water partition coefficient (Wildman–Crippen LogP) is 3.63. The van der Waals surface area contributed by atoms with Crippen molar-refractivity contribution in [2.45, 2.75) is 60.1 Å². The van der Waals surface area contributed by atoms with Crippen LogP contribution in [0.1, 0.15) is 20.8 Å². The van der Waals surface area contributed by atoms with Crippen LogP contribution in [-0.4, -0.2) is 68.2 Å². The fourth-order valence-electron chi connectivity index (χ4n) is 2.70. The lowest BCUT2D eigenvalue weighted by Gasteiger charge is -2.38. The highest BCUT2D eigenvalue weighted by Crippen LogP contribution is 2.17. The van der Waals surface area contributed by atoms with E-state index in [1.165, 1.54) is 12.3 Å². The third kappa shape index (κ3) is 10.3. The molecule has 0 radical (unpaired) electrons. The maximum atomic E-state index is 6.05. The SMILES string of the molecule is CCO[Si](CN(C[Si](C)(C)C)C[Si](C)(C)C)(OCC)OCC. The lowest BCUT2D eigenvalue weighted by molar-refractivity contribution is 0.0602. The van der Waals surface area contributed by atoms with Gasteiger partial charge in [0, 0.05) is 19.8 Å². The Bertz CT molecular complexity index is 270. The summed E-state index contributed by atoms with van der Waals surface area (Å²) in [6, 6.07) is 0. The summed E-state index contributed by atoms with van der Waals surface area (Å²) in [5.74, 6) is 0. The van der Waals surface area contributed by atoms with Crippen LogP contribution in [0.3, 0.4) is 0 Å². The van der Waals surface area contributed by atoms with Crippen LogP contribution in [-0.2, 0) is 13.3 Å². The molecular formula is C15H39NO3Si3. The summed E-state index contributed by atoms with van der Waals surface area (Å²) in [4.78, 5) is 2.59. The zero-order valence-corrected chi connectivity index (χ0v) is 19.4. The Labute approximate surface area is 141 Å². The minimum Gasteiger partial charge on any atom is -0.373 e. The highest BCUT2D eigenvalue weighted by molar-refractivity contribution is 6.78. The summed E-state index contributed by atoms with van der Waals surface area (Å²) in [6.07, 6.45) is 3.19. The van der Waals surface area contributed by atoms with E-state index in [-0.39, 0.29) is 0 Å². The molecule has 0 saturated heterocycles. The van der Waals surface area contributed by atoms with Gasteiger partial charge < -0.3 is 18.2 Å². The van der Waals surface area contributed by atoms with Crippen LogP contribution in [0.4, 0.5) is 0 Å². The molecule has 0 fully saturated rings. The Balaban J connectivity index is 5.22. The molecule has 4 nitrogen and oxygen atoms in total. The van der Waals surface area contributed by atoms with E-state index in [2.05, 4.69) is 44.2 Å². The minimum absolute atomic E-state index is 0.653. The molecule has 0 heterocycles. The second-order valence-corrected chi connectivity index (χ2v) is 21.7. The van der Waals surface area contributed by atoms with Crippen LogP contribution in [0.5, 0.6) is 0 Å². The van der Waals surface area contributed by atoms with Crippen molar-refractivity contribution >= 4 is 25.0 Å². The first-order valence-corrected chi connectivity index (χ1v) is 18.0. The monoisotopic (exact) mass is 365 g/mol. The maximum Gasteiger partial charge on any atom is 0.515 e. The van der Waals surface area contributed by atoms with Crippen LogP contribution >= 0.6 is 0 Å². The van der Waals surface area contributed by atoms with Crippen LogP contribution in [0.25, 0.3) is 0 Å². The quantitative estimate of drug-likeness (QED) is 0.494. The van der Waals surface area contributed by atoms with Gasteiger partial charge in [-0.1, -0.05) is 39.3 Å². The van der Waals surface area contributed by atoms with E-state index >= 15 is 0 Å². The summed E-state index contributed by atoms with van der Waals surface area (Å²) in [5, 5.41) is 0. The Morgan fingerprint density at radius 3 is 1.14 bits per heavy atom. The Morgan fingerprint density at radius 2 is 0.909 bits per heavy atom. The van der Waals surface area contributed by atoms with Crippen LogP contribution in [0, 0.1) is 0 Å². The highest BCUT2D eigenvalue weighted by Gasteiger charge is 2.43. The summed E-state index contributed by atoms with van der Waals surface area (Å²) in [6.45, 7) is 22.6. The van der Waals surface area contributed by atoms with E-state index in [0.717, 1.165) is 6.17 Å². The average molecular weight is 366 g/mol. The molecule has 0 atom stereocenters. The standard InChI is InChI=1S/C15H39NO3Si3/c1-10-17-22(18-11-2,19-12-3)15-16(13-20(4,5)6)14-21(7,8)9/h10-15H2,1-9H3. The Hall–Kier alpha value is 0.491. The fourth-order valence-corrected chi connectivity index (χ4v) is 9.12. The van der Waals surface area contributed by atoms with Gasteiger partial charge in [-0.2, -0.15) is 0 Å². The predicted molar refractivity (Wildman–Crippen MR) is 104 cm³/mol. The molecule has 0 spiro atoms. The van der Waals surface area contributed by atoms with Gasteiger partial charge in [0.05, 0.1) is 22.3 Å². The first-order chi connectivity index (χ1) is 9.97. The Morgan fingerprint density at radius 1 is 0.591 bits per heavy atom. The summed E-state index contributed by atoms with van der Waals surface area (Å²) >= 11 is 0. The third-order valence-corrected chi connectivity index (χ3v) is 8.72. The van der Waals surface area contributed by atoms with Crippen molar-refractivity contribution in [3.8, 4) is 0 Å². The van der Waals surface area contributed by atoms with Gasteiger partial charge >= 0.3 is 8.80 Å². The average Bonchev–Trinajstić information content (AvgIpc) is 2.24. The van der Waals surface area contributed by atoms with E-state index < -0.39 is 25.0 Å². The van der Waals surface area contributed by atoms with Crippen molar-refractivity contribution in [2.75, 3.05) is 38.3 Å². The molecule has 0 aromatic rings. The van der Waals surface area contributed by atoms with Crippen LogP contribution in [0.2, 0.25) is 39.3 Å². The maximum absolute atomic E-state index is 6.05. The molecule has 0 aromatic heterocycles. The van der Waals surface area contributed by atoms with E-state index in [9.17, 15) is 0 Å². The zero-order valence-electron chi connectivity index (χ0n) is 16.4. The van der Waals surface area contributed by atoms with Gasteiger partial charge in [-0.15, -0.1) is 0 Å². The lowest BCUT2D eigenvalue weighted by atomic mass is 10.9. The topological polar surface area (TPSA) is 30.9 Å². The summed E-state index contributed by atoms with van der Waals surface area (Å²) < 4.78 is 18.2. The van der Waals surface area contributed by atoms with Crippen LogP contribution < -0.4 is 0 Å². The molecule has 0 bridgehead atoms. The summed E-state index contributed by atoms with van der Waals surface area (Å²) in [7, 11) is -4.96. The molecule has 0 aliphatic carbocycles. The van der Waals surface area contributed by atoms with Crippen LogP contribution in [0.15, 0.2) is 0 Å². The second kappa shape index (κ2) is 9.71. The first-order valence-electron chi connectivity index (χ1n) is 8.61. The van der Waals surface area contributed by atoms with E-state index in [4.69, 9.17) is 13.3 Å². The van der Waals surface area contributed by atoms with Gasteiger partial charge in [0.2, 0.25) is 0 Å². The molecule has 0 aliphatic rings. The first kappa shape index (κ1) is 22.5. The molecule has 0 aliphatic heterocycles. The van der Waals surface area contributed by atoms with Crippen molar-refractivity contribution in [1.82, 2.24) is 4.90 Å². The largest absolute Gasteiger partial charge is 0.515 e. The molecule has 7 heteroatoms. The van der Waals surface area contributed by atoms with E-state index in [1.54, 1.807) is 0 Å². The third-order valence-electron chi connectivity index (χ3n) is 2.91. The van der Waals surface area contributed by atoms with Gasteiger partial charge in [-0.05, 0) is 33.1 Å². The number of hydrogen-bond acceptors (Lipinski definition) is 4. The van der Waals surface area contributed by atoms with Crippen molar-refractivity contribution < 1.29 is 13.3 Å². The number of nitrogens with zero attached hydrogens (tertiary/aromatic N) is 1. The smallest absolute Gasteiger partial charge is 0.373 e. The van der Waals surface area contributed by atoms with Gasteiger partial charge in [0.1, 0.15) is 0 Å². The Kier molecular flexibility index (Phi) is 9.92. The van der Waals surface area contributed by atoms with Crippen molar-refractivity contribution in [2.24, 2.45) is 0 Å². The molecule has 0 aromatic carbocycles. The number of hydrogen-bond donors (Lipinski definition) is 0. The molecule has 0 unspecified atom stereocenters. The molecular weight excluding hydrogens is 326 g/mol. The van der Waals surface area contributed by atoms with Crippen molar-refractivity contribution in [3.05, 3.63) is 0 Å².